The Balaban J connectivity index is 1.63. The zero-order valence-electron chi connectivity index (χ0n) is 20.7. The topological polar surface area (TPSA) is 112 Å². The molecule has 1 aliphatic heterocycles. The monoisotopic (exact) mass is 533 g/mol. The normalized spacial score (nSPS) is 16.8. The number of hydrogen-bond acceptors (Lipinski definition) is 6. The van der Waals surface area contributed by atoms with Crippen LogP contribution in [0.2, 0.25) is 0 Å². The zero-order valence-corrected chi connectivity index (χ0v) is 20.7. The fourth-order valence-electron chi connectivity index (χ4n) is 4.44. The van der Waals surface area contributed by atoms with Gasteiger partial charge in [0, 0.05) is 24.5 Å². The van der Waals surface area contributed by atoms with Crippen LogP contribution in [0.4, 0.5) is 24.5 Å². The van der Waals surface area contributed by atoms with Crippen LogP contribution in [-0.4, -0.2) is 47.0 Å². The van der Waals surface area contributed by atoms with Crippen molar-refractivity contribution in [3.8, 4) is 6.07 Å². The van der Waals surface area contributed by atoms with E-state index < -0.39 is 29.6 Å². The number of anilines is 2. The second kappa shape index (κ2) is 11.9. The van der Waals surface area contributed by atoms with Gasteiger partial charge in [-0.15, -0.1) is 0 Å². The van der Waals surface area contributed by atoms with Crippen molar-refractivity contribution in [3.63, 3.8) is 0 Å². The lowest BCUT2D eigenvalue weighted by Gasteiger charge is -2.29. The maximum Gasteiger partial charge on any atom is 0.432 e. The van der Waals surface area contributed by atoms with Gasteiger partial charge in [0.25, 0.3) is 5.91 Å². The van der Waals surface area contributed by atoms with Crippen molar-refractivity contribution < 1.29 is 23.1 Å². The maximum atomic E-state index is 13.2. The Morgan fingerprint density at radius 1 is 1.03 bits per heavy atom. The average molecular weight is 534 g/mol. The minimum absolute atomic E-state index is 0.208. The van der Waals surface area contributed by atoms with Crippen LogP contribution in [0.3, 0.4) is 0 Å². The molecule has 200 valence electrons. The number of likely N-dealkylation sites (tertiary alicyclic amines) is 1. The van der Waals surface area contributed by atoms with E-state index in [2.05, 4.69) is 15.5 Å². The Bertz CT molecular complexity index is 1420. The van der Waals surface area contributed by atoms with Crippen molar-refractivity contribution in [1.29, 1.82) is 10.7 Å². The van der Waals surface area contributed by atoms with Crippen LogP contribution in [0.15, 0.2) is 90.6 Å². The molecule has 1 aliphatic rings. The number of carbonyl (C=O) groups excluding carboxylic acids is 1. The van der Waals surface area contributed by atoms with Gasteiger partial charge in [0.2, 0.25) is 0 Å². The number of halogens is 3. The van der Waals surface area contributed by atoms with Gasteiger partial charge in [0.15, 0.2) is 0 Å². The standard InChI is InChI=1S/C29H26F3N5O2/c30-29(31,32)26(34)16-25(35-22-10-4-6-19(14-22)17-33)28(39)36-23-11-5-9-21(15-23)27(20-7-2-1-3-8-20)37-13-12-24(38)18-37/h1-11,14-16,24,27,34-35,38H,12-13,18H2,(H,36,39)/b25-16-,34-26?. The van der Waals surface area contributed by atoms with E-state index in [0.717, 1.165) is 11.1 Å². The van der Waals surface area contributed by atoms with E-state index in [1.165, 1.54) is 24.3 Å². The van der Waals surface area contributed by atoms with E-state index in [1.54, 1.807) is 18.2 Å². The van der Waals surface area contributed by atoms with E-state index >= 15 is 0 Å². The number of carbonyl (C=O) groups is 1. The summed E-state index contributed by atoms with van der Waals surface area (Å²) in [6.45, 7) is 1.16. The third-order valence-electron chi connectivity index (χ3n) is 6.24. The van der Waals surface area contributed by atoms with Crippen LogP contribution in [0.25, 0.3) is 0 Å². The van der Waals surface area contributed by atoms with Crippen LogP contribution in [-0.2, 0) is 4.79 Å². The number of nitrogens with one attached hydrogen (secondary N) is 3. The molecule has 39 heavy (non-hydrogen) atoms. The lowest BCUT2D eigenvalue weighted by molar-refractivity contribution is -0.112. The van der Waals surface area contributed by atoms with Crippen molar-refractivity contribution in [3.05, 3.63) is 107 Å². The van der Waals surface area contributed by atoms with Crippen molar-refractivity contribution in [1.82, 2.24) is 4.90 Å². The molecule has 1 saturated heterocycles. The molecule has 7 nitrogen and oxygen atoms in total. The summed E-state index contributed by atoms with van der Waals surface area (Å²) in [6.07, 6.45) is -4.35. The first-order valence-electron chi connectivity index (χ1n) is 12.2. The predicted molar refractivity (Wildman–Crippen MR) is 142 cm³/mol. The predicted octanol–water partition coefficient (Wildman–Crippen LogP) is 5.23. The molecule has 10 heteroatoms. The summed E-state index contributed by atoms with van der Waals surface area (Å²) in [5.41, 5.74) is 0.412. The first-order valence-corrected chi connectivity index (χ1v) is 12.2. The summed E-state index contributed by atoms with van der Waals surface area (Å²) in [5.74, 6) is -0.892. The largest absolute Gasteiger partial charge is 0.432 e. The van der Waals surface area contributed by atoms with Gasteiger partial charge in [-0.25, -0.2) is 0 Å². The number of rotatable bonds is 8. The van der Waals surface area contributed by atoms with Crippen LogP contribution in [0.5, 0.6) is 0 Å². The Labute approximate surface area is 223 Å². The Morgan fingerprint density at radius 3 is 2.33 bits per heavy atom. The van der Waals surface area contributed by atoms with E-state index in [4.69, 9.17) is 10.7 Å². The summed E-state index contributed by atoms with van der Waals surface area (Å²) in [7, 11) is 0. The number of allylic oxidation sites excluding steroid dienone is 1. The molecular formula is C29H26F3N5O2. The third kappa shape index (κ3) is 7.10. The van der Waals surface area contributed by atoms with Gasteiger partial charge in [0.1, 0.15) is 11.4 Å². The number of aliphatic hydroxyl groups excluding tert-OH is 1. The molecular weight excluding hydrogens is 507 g/mol. The number of alkyl halides is 3. The molecule has 1 amide bonds. The summed E-state index contributed by atoms with van der Waals surface area (Å²) >= 11 is 0. The van der Waals surface area contributed by atoms with Crippen LogP contribution >= 0.6 is 0 Å². The number of β-amino-alcohol motifs (C(OH)–C–C–N with tert-alkyl or cyclic N) is 1. The molecule has 1 fully saturated rings. The molecule has 4 rings (SSSR count). The van der Waals surface area contributed by atoms with Gasteiger partial charge in [0.05, 0.1) is 23.8 Å². The minimum Gasteiger partial charge on any atom is -0.392 e. The Hall–Kier alpha value is -4.46. The highest BCUT2D eigenvalue weighted by molar-refractivity contribution is 6.11. The van der Waals surface area contributed by atoms with Crippen molar-refractivity contribution in [2.24, 2.45) is 0 Å². The van der Waals surface area contributed by atoms with E-state index in [-0.39, 0.29) is 17.3 Å². The molecule has 0 aromatic heterocycles. The van der Waals surface area contributed by atoms with Crippen LogP contribution in [0.1, 0.15) is 29.2 Å². The molecule has 0 bridgehead atoms. The Morgan fingerprint density at radius 2 is 1.69 bits per heavy atom. The summed E-state index contributed by atoms with van der Waals surface area (Å²) in [6, 6.07) is 24.3. The fourth-order valence-corrected chi connectivity index (χ4v) is 4.44. The minimum atomic E-state index is -4.95. The lowest BCUT2D eigenvalue weighted by atomic mass is 9.97. The number of amides is 1. The van der Waals surface area contributed by atoms with Gasteiger partial charge in [-0.3, -0.25) is 15.1 Å². The molecule has 0 radical (unpaired) electrons. The fraction of sp³-hybridized carbons (Fsp3) is 0.207. The highest BCUT2D eigenvalue weighted by atomic mass is 19.4. The van der Waals surface area contributed by atoms with E-state index in [0.29, 0.717) is 31.3 Å². The van der Waals surface area contributed by atoms with E-state index in [9.17, 15) is 23.1 Å². The molecule has 3 aromatic carbocycles. The number of nitrogens with zero attached hydrogens (tertiary/aromatic N) is 2. The zero-order chi connectivity index (χ0) is 28.0. The lowest BCUT2D eigenvalue weighted by Crippen LogP contribution is -2.28. The first kappa shape index (κ1) is 27.6. The molecule has 0 aliphatic carbocycles. The van der Waals surface area contributed by atoms with E-state index in [1.807, 2.05) is 42.5 Å². The SMILES string of the molecule is N#Cc1cccc(N/C(=C\C(=N)C(F)(F)F)C(=O)Nc2cccc(C(c3ccccc3)N3CCC(O)C3)c2)c1. The number of aliphatic hydroxyl groups is 1. The highest BCUT2D eigenvalue weighted by Gasteiger charge is 2.34. The number of benzene rings is 3. The maximum absolute atomic E-state index is 13.2. The second-order valence-corrected chi connectivity index (χ2v) is 9.12. The third-order valence-corrected chi connectivity index (χ3v) is 6.24. The molecule has 0 spiro atoms. The van der Waals surface area contributed by atoms with Gasteiger partial charge in [-0.2, -0.15) is 18.4 Å². The van der Waals surface area contributed by atoms with Crippen LogP contribution in [0, 0.1) is 16.7 Å². The molecule has 3 aromatic rings. The van der Waals surface area contributed by atoms with Crippen molar-refractivity contribution in [2.45, 2.75) is 24.7 Å². The Kier molecular flexibility index (Phi) is 8.44. The first-order chi connectivity index (χ1) is 18.6. The molecule has 2 unspecified atom stereocenters. The number of nitriles is 1. The van der Waals surface area contributed by atoms with Crippen molar-refractivity contribution in [2.75, 3.05) is 23.7 Å². The van der Waals surface area contributed by atoms with Gasteiger partial charge in [-0.05, 0) is 54.0 Å². The van der Waals surface area contributed by atoms with Crippen molar-refractivity contribution >= 4 is 23.0 Å². The van der Waals surface area contributed by atoms with Gasteiger partial charge in [-0.1, -0.05) is 48.5 Å². The van der Waals surface area contributed by atoms with Gasteiger partial charge >= 0.3 is 6.18 Å². The second-order valence-electron chi connectivity index (χ2n) is 9.12. The highest BCUT2D eigenvalue weighted by Crippen LogP contribution is 2.33. The van der Waals surface area contributed by atoms with Crippen LogP contribution < -0.4 is 10.6 Å². The number of hydrogen-bond donors (Lipinski definition) is 4. The molecule has 4 N–H and O–H groups in total. The molecule has 1 heterocycles. The van der Waals surface area contributed by atoms with Gasteiger partial charge < -0.3 is 15.7 Å². The average Bonchev–Trinajstić information content (AvgIpc) is 3.34. The molecule has 0 saturated carbocycles. The summed E-state index contributed by atoms with van der Waals surface area (Å²) < 4.78 is 39.4. The summed E-state index contributed by atoms with van der Waals surface area (Å²) in [5, 5.41) is 31.9. The molecule has 2 atom stereocenters. The quantitative estimate of drug-likeness (QED) is 0.234. The smallest absolute Gasteiger partial charge is 0.392 e. The summed E-state index contributed by atoms with van der Waals surface area (Å²) in [4.78, 5) is 15.3.